The molecule has 1 saturated heterocycles. The Morgan fingerprint density at radius 1 is 1.15 bits per heavy atom. The number of alkyl halides is 3. The van der Waals surface area contributed by atoms with Gasteiger partial charge in [-0.25, -0.2) is 4.79 Å². The molecule has 1 aromatic carbocycles. The number of carbonyl (C=O) groups is 1. The topological polar surface area (TPSA) is 153 Å². The summed E-state index contributed by atoms with van der Waals surface area (Å²) in [6.45, 7) is 1.20. The Balaban J connectivity index is 1.73. The molecule has 5 atom stereocenters. The molecule has 1 aliphatic carbocycles. The van der Waals surface area contributed by atoms with Crippen LogP contribution in [0.5, 0.6) is 5.88 Å². The van der Waals surface area contributed by atoms with Gasteiger partial charge in [0.2, 0.25) is 5.88 Å². The molecule has 2 aliphatic rings. The number of ether oxygens (including phenoxy) is 4. The van der Waals surface area contributed by atoms with Gasteiger partial charge >= 0.3 is 18.3 Å². The highest BCUT2D eigenvalue weighted by atomic mass is 19.4. The number of methoxy groups -OCH3 is 1. The first-order chi connectivity index (χ1) is 18.4. The highest BCUT2D eigenvalue weighted by Crippen LogP contribution is 2.44. The fourth-order valence-electron chi connectivity index (χ4n) is 4.53. The molecule has 39 heavy (non-hydrogen) atoms. The first-order valence-electron chi connectivity index (χ1n) is 12.5. The Hall–Kier alpha value is -2.91. The van der Waals surface area contributed by atoms with E-state index < -0.39 is 72.5 Å². The molecule has 14 heteroatoms. The molecule has 0 spiro atoms. The molecule has 1 aliphatic heterocycles. The average molecular weight is 561 g/mol. The van der Waals surface area contributed by atoms with E-state index in [2.05, 4.69) is 9.84 Å². The van der Waals surface area contributed by atoms with Crippen LogP contribution in [0.2, 0.25) is 0 Å². The van der Waals surface area contributed by atoms with Crippen LogP contribution in [0.3, 0.4) is 0 Å². The number of hydrogen-bond donors (Lipinski definition) is 4. The van der Waals surface area contributed by atoms with E-state index in [4.69, 9.17) is 14.2 Å². The summed E-state index contributed by atoms with van der Waals surface area (Å²) in [6.07, 6.45) is -11.9. The third kappa shape index (κ3) is 5.99. The maximum atomic E-state index is 14.4. The van der Waals surface area contributed by atoms with Crippen LogP contribution in [0.15, 0.2) is 24.3 Å². The van der Waals surface area contributed by atoms with Crippen LogP contribution in [0.1, 0.15) is 54.6 Å². The molecule has 0 radical (unpaired) electrons. The molecule has 2 fully saturated rings. The van der Waals surface area contributed by atoms with Crippen LogP contribution in [0, 0.1) is 0 Å². The fourth-order valence-corrected chi connectivity index (χ4v) is 4.53. The van der Waals surface area contributed by atoms with Gasteiger partial charge < -0.3 is 39.4 Å². The highest BCUT2D eigenvalue weighted by Gasteiger charge is 2.56. The van der Waals surface area contributed by atoms with Crippen LogP contribution >= 0.6 is 0 Å². The van der Waals surface area contributed by atoms with Crippen molar-refractivity contribution in [3.63, 3.8) is 0 Å². The first-order valence-corrected chi connectivity index (χ1v) is 12.5. The fraction of sp³-hybridized carbons (Fsp3) is 0.600. The summed E-state index contributed by atoms with van der Waals surface area (Å²) in [6, 6.07) is 6.35. The van der Waals surface area contributed by atoms with Gasteiger partial charge in [0.25, 0.3) is 0 Å². The third-order valence-corrected chi connectivity index (χ3v) is 7.00. The molecular weight excluding hydrogens is 529 g/mol. The number of carbonyl (C=O) groups excluding carboxylic acids is 1. The van der Waals surface area contributed by atoms with Crippen molar-refractivity contribution in [3.05, 3.63) is 46.6 Å². The van der Waals surface area contributed by atoms with Crippen molar-refractivity contribution in [2.24, 2.45) is 0 Å². The van der Waals surface area contributed by atoms with Gasteiger partial charge in [-0.3, -0.25) is 4.68 Å². The van der Waals surface area contributed by atoms with E-state index in [1.54, 1.807) is 24.3 Å². The average Bonchev–Trinajstić information content (AvgIpc) is 3.20. The van der Waals surface area contributed by atoms with Crippen molar-refractivity contribution >= 4 is 6.16 Å². The summed E-state index contributed by atoms with van der Waals surface area (Å²) in [5.74, 6) is -3.84. The Morgan fingerprint density at radius 2 is 1.79 bits per heavy atom. The van der Waals surface area contributed by atoms with E-state index >= 15 is 0 Å². The lowest BCUT2D eigenvalue weighted by atomic mass is 9.93. The molecule has 1 aromatic heterocycles. The van der Waals surface area contributed by atoms with Gasteiger partial charge in [0, 0.05) is 6.42 Å². The zero-order valence-corrected chi connectivity index (χ0v) is 21.3. The Labute approximate surface area is 221 Å². The van der Waals surface area contributed by atoms with Gasteiger partial charge in [-0.2, -0.15) is 13.2 Å². The molecule has 1 saturated carbocycles. The summed E-state index contributed by atoms with van der Waals surface area (Å²) >= 11 is 0. The second kappa shape index (κ2) is 11.3. The largest absolute Gasteiger partial charge is 0.508 e. The molecule has 11 nitrogen and oxygen atoms in total. The van der Waals surface area contributed by atoms with E-state index in [9.17, 15) is 38.4 Å². The van der Waals surface area contributed by atoms with Crippen LogP contribution < -0.4 is 4.74 Å². The molecule has 2 aromatic rings. The highest BCUT2D eigenvalue weighted by molar-refractivity contribution is 5.59. The summed E-state index contributed by atoms with van der Waals surface area (Å²) in [5.41, 5.74) is 0.0116. The maximum absolute atomic E-state index is 14.4. The van der Waals surface area contributed by atoms with Crippen LogP contribution in [-0.4, -0.2) is 80.5 Å². The lowest BCUT2D eigenvalue weighted by molar-refractivity contribution is -0.423. The molecule has 0 amide bonds. The second-order valence-electron chi connectivity index (χ2n) is 9.59. The smallest absolute Gasteiger partial charge is 0.438 e. The van der Waals surface area contributed by atoms with Crippen molar-refractivity contribution < 1.29 is 57.3 Å². The van der Waals surface area contributed by atoms with Crippen molar-refractivity contribution in [2.45, 2.75) is 81.6 Å². The molecular formula is C25H31F3N2O9. The van der Waals surface area contributed by atoms with Crippen molar-refractivity contribution in [2.75, 3.05) is 13.7 Å². The lowest BCUT2D eigenvalue weighted by Gasteiger charge is -2.44. The zero-order valence-electron chi connectivity index (χ0n) is 21.3. The number of rotatable bonds is 8. The normalized spacial score (nSPS) is 27.6. The third-order valence-electron chi connectivity index (χ3n) is 7.00. The van der Waals surface area contributed by atoms with Crippen LogP contribution in [-0.2, 0) is 33.2 Å². The van der Waals surface area contributed by atoms with Gasteiger partial charge in [0.1, 0.15) is 30.6 Å². The standard InChI is InChI=1S/C25H31F3N2O9/c1-3-13-7-9-14(10-8-13)11-16-20(24(26,27)28)30(15-5-4-6-15)29-22(16)39-25(35)21(33)19(32)18(31)17(38-25)12-37-23(34)36-2/h7-10,15,17-19,21,31-33,35H,3-6,11-12H2,1-2H3/t17-,18-,19+,21-,25+/m1/s1. The number of nitrogens with zero attached hydrogens (tertiary/aromatic N) is 2. The molecule has 0 unspecified atom stereocenters. The Kier molecular flexibility index (Phi) is 8.42. The van der Waals surface area contributed by atoms with Crippen LogP contribution in [0.25, 0.3) is 0 Å². The summed E-state index contributed by atoms with van der Waals surface area (Å²) in [5, 5.41) is 46.2. The van der Waals surface area contributed by atoms with E-state index in [0.29, 0.717) is 24.8 Å². The SMILES string of the molecule is CCc1ccc(Cc2c(O[C@@]3(O)O[C@H](COC(=O)OC)[C@@H](O)[C@H](O)[C@H]3O)nn(C3CCC3)c2C(F)(F)F)cc1. The first kappa shape index (κ1) is 29.1. The minimum atomic E-state index is -4.84. The number of aliphatic hydroxyl groups excluding tert-OH is 3. The maximum Gasteiger partial charge on any atom is 0.508 e. The van der Waals surface area contributed by atoms with Crippen molar-refractivity contribution in [1.82, 2.24) is 9.78 Å². The molecule has 4 N–H and O–H groups in total. The minimum Gasteiger partial charge on any atom is -0.438 e. The molecule has 4 rings (SSSR count). The molecule has 2 heterocycles. The predicted molar refractivity (Wildman–Crippen MR) is 126 cm³/mol. The summed E-state index contributed by atoms with van der Waals surface area (Å²) in [7, 11) is 1.02. The van der Waals surface area contributed by atoms with Crippen molar-refractivity contribution in [3.8, 4) is 5.88 Å². The molecule has 216 valence electrons. The van der Waals surface area contributed by atoms with Gasteiger partial charge in [-0.05, 0) is 36.8 Å². The van der Waals surface area contributed by atoms with E-state index in [1.165, 1.54) is 0 Å². The number of halogens is 3. The van der Waals surface area contributed by atoms with E-state index in [0.717, 1.165) is 23.8 Å². The van der Waals surface area contributed by atoms with Crippen molar-refractivity contribution in [1.29, 1.82) is 0 Å². The summed E-state index contributed by atoms with van der Waals surface area (Å²) < 4.78 is 63.7. The van der Waals surface area contributed by atoms with Gasteiger partial charge in [-0.1, -0.05) is 31.2 Å². The van der Waals surface area contributed by atoms with Gasteiger partial charge in [0.15, 0.2) is 6.10 Å². The monoisotopic (exact) mass is 560 g/mol. The summed E-state index contributed by atoms with van der Waals surface area (Å²) in [4.78, 5) is 11.3. The zero-order chi connectivity index (χ0) is 28.5. The quantitative estimate of drug-likeness (QED) is 0.279. The van der Waals surface area contributed by atoms with Gasteiger partial charge in [-0.15, -0.1) is 5.10 Å². The van der Waals surface area contributed by atoms with Gasteiger partial charge in [0.05, 0.1) is 18.7 Å². The number of aliphatic hydroxyl groups is 4. The Bertz CT molecular complexity index is 1150. The second-order valence-corrected chi connectivity index (χ2v) is 9.59. The van der Waals surface area contributed by atoms with E-state index in [1.807, 2.05) is 6.92 Å². The number of benzene rings is 1. The number of aromatic nitrogens is 2. The minimum absolute atomic E-state index is 0.285. The number of aryl methyl sites for hydroxylation is 1. The lowest BCUT2D eigenvalue weighted by Crippen LogP contribution is -2.67. The van der Waals surface area contributed by atoms with Crippen LogP contribution in [0.4, 0.5) is 18.0 Å². The predicted octanol–water partition coefficient (Wildman–Crippen LogP) is 2.07. The Morgan fingerprint density at radius 3 is 2.33 bits per heavy atom. The number of hydrogen-bond acceptors (Lipinski definition) is 10. The van der Waals surface area contributed by atoms with E-state index in [-0.39, 0.29) is 6.42 Å². The molecule has 0 bridgehead atoms.